The highest BCUT2D eigenvalue weighted by Gasteiger charge is 2.31. The fraction of sp³-hybridized carbons (Fsp3) is 0.333. The molecule has 0 amide bonds. The summed E-state index contributed by atoms with van der Waals surface area (Å²) in [5.74, 6) is 0. The number of aromatic nitrogens is 2. The van der Waals surface area contributed by atoms with E-state index in [-0.39, 0.29) is 5.41 Å². The third kappa shape index (κ3) is 0.857. The Morgan fingerprint density at radius 1 is 1.07 bits per heavy atom. The minimum Gasteiger partial charge on any atom is -0.264 e. The van der Waals surface area contributed by atoms with Crippen LogP contribution in [0, 0.1) is 0 Å². The van der Waals surface area contributed by atoms with Gasteiger partial charge in [0.15, 0.2) is 0 Å². The molecule has 0 aromatic carbocycles. The molecule has 2 nitrogen and oxygen atoms in total. The zero-order valence-corrected chi connectivity index (χ0v) is 8.41. The molecule has 0 spiro atoms. The molecule has 2 heterocycles. The first kappa shape index (κ1) is 7.92. The molecular weight excluding hydrogens is 172 g/mol. The first-order chi connectivity index (χ1) is 6.68. The Hall–Kier alpha value is -1.44. The fourth-order valence-electron chi connectivity index (χ4n) is 2.42. The highest BCUT2D eigenvalue weighted by atomic mass is 14.7. The molecule has 0 bridgehead atoms. The van der Waals surface area contributed by atoms with Crippen LogP contribution in [-0.2, 0) is 11.8 Å². The second kappa shape index (κ2) is 2.32. The predicted octanol–water partition coefficient (Wildman–Crippen LogP) is 2.46. The van der Waals surface area contributed by atoms with Crippen LogP contribution < -0.4 is 0 Å². The number of hydrogen-bond donors (Lipinski definition) is 0. The van der Waals surface area contributed by atoms with E-state index in [0.717, 1.165) is 6.42 Å². The first-order valence-electron chi connectivity index (χ1n) is 4.89. The van der Waals surface area contributed by atoms with E-state index >= 15 is 0 Å². The average Bonchev–Trinajstić information content (AvgIpc) is 2.41. The SMILES string of the molecule is CC1(C)Cc2cncc3cncc1c23. The van der Waals surface area contributed by atoms with E-state index in [4.69, 9.17) is 0 Å². The molecular formula is C12H12N2. The van der Waals surface area contributed by atoms with Crippen LogP contribution >= 0.6 is 0 Å². The van der Waals surface area contributed by atoms with Gasteiger partial charge in [0.1, 0.15) is 0 Å². The van der Waals surface area contributed by atoms with Gasteiger partial charge < -0.3 is 0 Å². The van der Waals surface area contributed by atoms with Crippen LogP contribution in [0.1, 0.15) is 25.0 Å². The Bertz CT molecular complexity index is 509. The Morgan fingerprint density at radius 3 is 2.57 bits per heavy atom. The van der Waals surface area contributed by atoms with Crippen LogP contribution in [0.5, 0.6) is 0 Å². The summed E-state index contributed by atoms with van der Waals surface area (Å²) in [6.45, 7) is 4.53. The van der Waals surface area contributed by atoms with Crippen LogP contribution in [0.2, 0.25) is 0 Å². The van der Waals surface area contributed by atoms with E-state index in [1.807, 2.05) is 24.8 Å². The van der Waals surface area contributed by atoms with Crippen molar-refractivity contribution in [3.8, 4) is 0 Å². The Balaban J connectivity index is 2.50. The third-order valence-electron chi connectivity index (χ3n) is 3.10. The number of pyridine rings is 2. The normalized spacial score (nSPS) is 17.6. The molecule has 0 fully saturated rings. The summed E-state index contributed by atoms with van der Waals surface area (Å²) in [7, 11) is 0. The molecule has 0 aliphatic heterocycles. The predicted molar refractivity (Wildman–Crippen MR) is 56.3 cm³/mol. The van der Waals surface area contributed by atoms with E-state index in [1.54, 1.807) is 0 Å². The van der Waals surface area contributed by atoms with Crippen molar-refractivity contribution in [3.05, 3.63) is 35.9 Å². The van der Waals surface area contributed by atoms with Gasteiger partial charge in [0.25, 0.3) is 0 Å². The Kier molecular flexibility index (Phi) is 1.31. The molecule has 1 aliphatic rings. The molecule has 3 rings (SSSR count). The van der Waals surface area contributed by atoms with Gasteiger partial charge in [-0.2, -0.15) is 0 Å². The van der Waals surface area contributed by atoms with Gasteiger partial charge in [0, 0.05) is 30.2 Å². The molecule has 0 N–H and O–H groups in total. The second-order valence-electron chi connectivity index (χ2n) is 4.64. The first-order valence-corrected chi connectivity index (χ1v) is 4.89. The van der Waals surface area contributed by atoms with E-state index in [9.17, 15) is 0 Å². The van der Waals surface area contributed by atoms with E-state index in [2.05, 4.69) is 23.8 Å². The van der Waals surface area contributed by atoms with E-state index in [0.29, 0.717) is 0 Å². The maximum absolute atomic E-state index is 4.27. The summed E-state index contributed by atoms with van der Waals surface area (Å²) >= 11 is 0. The minimum atomic E-state index is 0.220. The van der Waals surface area contributed by atoms with Gasteiger partial charge >= 0.3 is 0 Å². The standard InChI is InChI=1S/C12H12N2/c1-12(2)3-8-4-13-5-9-6-14-7-10(12)11(8)9/h4-7H,3H2,1-2H3. The topological polar surface area (TPSA) is 25.8 Å². The van der Waals surface area contributed by atoms with Gasteiger partial charge in [-0.05, 0) is 28.3 Å². The van der Waals surface area contributed by atoms with Gasteiger partial charge in [0.2, 0.25) is 0 Å². The second-order valence-corrected chi connectivity index (χ2v) is 4.64. The maximum Gasteiger partial charge on any atom is 0.0362 e. The number of nitrogens with zero attached hydrogens (tertiary/aromatic N) is 2. The van der Waals surface area contributed by atoms with Crippen molar-refractivity contribution < 1.29 is 0 Å². The lowest BCUT2D eigenvalue weighted by molar-refractivity contribution is 0.544. The van der Waals surface area contributed by atoms with Crippen LogP contribution in [0.3, 0.4) is 0 Å². The van der Waals surface area contributed by atoms with Gasteiger partial charge in [-0.15, -0.1) is 0 Å². The van der Waals surface area contributed by atoms with Crippen molar-refractivity contribution >= 4 is 10.8 Å². The lowest BCUT2D eigenvalue weighted by Gasteiger charge is -2.17. The van der Waals surface area contributed by atoms with Crippen molar-refractivity contribution in [2.45, 2.75) is 25.7 Å². The molecule has 0 saturated carbocycles. The molecule has 2 aromatic heterocycles. The lowest BCUT2D eigenvalue weighted by atomic mass is 9.86. The van der Waals surface area contributed by atoms with Crippen LogP contribution in [0.15, 0.2) is 24.8 Å². The van der Waals surface area contributed by atoms with Crippen molar-refractivity contribution in [1.29, 1.82) is 0 Å². The molecule has 0 atom stereocenters. The van der Waals surface area contributed by atoms with Crippen molar-refractivity contribution in [2.24, 2.45) is 0 Å². The Morgan fingerprint density at radius 2 is 1.79 bits per heavy atom. The molecule has 2 heteroatoms. The average molecular weight is 184 g/mol. The highest BCUT2D eigenvalue weighted by Crippen LogP contribution is 2.40. The van der Waals surface area contributed by atoms with Crippen LogP contribution in [-0.4, -0.2) is 9.97 Å². The molecule has 0 unspecified atom stereocenters. The molecule has 1 aliphatic carbocycles. The largest absolute Gasteiger partial charge is 0.264 e. The van der Waals surface area contributed by atoms with Crippen LogP contribution in [0.4, 0.5) is 0 Å². The smallest absolute Gasteiger partial charge is 0.0362 e. The Labute approximate surface area is 83.0 Å². The zero-order chi connectivity index (χ0) is 9.76. The van der Waals surface area contributed by atoms with Gasteiger partial charge in [-0.3, -0.25) is 9.97 Å². The summed E-state index contributed by atoms with van der Waals surface area (Å²) in [5.41, 5.74) is 2.95. The summed E-state index contributed by atoms with van der Waals surface area (Å²) in [6.07, 6.45) is 8.87. The molecule has 0 radical (unpaired) electrons. The number of hydrogen-bond acceptors (Lipinski definition) is 2. The lowest BCUT2D eigenvalue weighted by Crippen LogP contribution is -2.14. The minimum absolute atomic E-state index is 0.220. The van der Waals surface area contributed by atoms with Gasteiger partial charge in [0.05, 0.1) is 0 Å². The maximum atomic E-state index is 4.27. The van der Waals surface area contributed by atoms with Crippen molar-refractivity contribution in [3.63, 3.8) is 0 Å². The van der Waals surface area contributed by atoms with Gasteiger partial charge in [-0.25, -0.2) is 0 Å². The van der Waals surface area contributed by atoms with Crippen molar-refractivity contribution in [2.75, 3.05) is 0 Å². The van der Waals surface area contributed by atoms with Crippen LogP contribution in [0.25, 0.3) is 10.8 Å². The summed E-state index contributed by atoms with van der Waals surface area (Å²) in [6, 6.07) is 0. The van der Waals surface area contributed by atoms with Gasteiger partial charge in [-0.1, -0.05) is 13.8 Å². The molecule has 14 heavy (non-hydrogen) atoms. The zero-order valence-electron chi connectivity index (χ0n) is 8.41. The third-order valence-corrected chi connectivity index (χ3v) is 3.10. The van der Waals surface area contributed by atoms with Crippen molar-refractivity contribution in [1.82, 2.24) is 9.97 Å². The van der Waals surface area contributed by atoms with E-state index < -0.39 is 0 Å². The monoisotopic (exact) mass is 184 g/mol. The quantitative estimate of drug-likeness (QED) is 0.628. The number of rotatable bonds is 0. The molecule has 70 valence electrons. The van der Waals surface area contributed by atoms with E-state index in [1.165, 1.54) is 21.9 Å². The summed E-state index contributed by atoms with van der Waals surface area (Å²) in [5, 5.41) is 2.55. The summed E-state index contributed by atoms with van der Waals surface area (Å²) < 4.78 is 0. The molecule has 2 aromatic rings. The molecule has 0 saturated heterocycles. The summed E-state index contributed by atoms with van der Waals surface area (Å²) in [4.78, 5) is 8.52. The highest BCUT2D eigenvalue weighted by molar-refractivity contribution is 5.90. The fourth-order valence-corrected chi connectivity index (χ4v) is 2.42.